The van der Waals surface area contributed by atoms with Crippen LogP contribution in [-0.2, 0) is 12.8 Å². The molecule has 2 N–H and O–H groups in total. The van der Waals surface area contributed by atoms with Crippen molar-refractivity contribution in [3.8, 4) is 5.75 Å². The predicted octanol–water partition coefficient (Wildman–Crippen LogP) is 2.37. The van der Waals surface area contributed by atoms with E-state index in [1.807, 2.05) is 0 Å². The van der Waals surface area contributed by atoms with Crippen molar-refractivity contribution in [2.45, 2.75) is 12.8 Å². The molecule has 106 valence electrons. The van der Waals surface area contributed by atoms with Crippen molar-refractivity contribution in [2.24, 2.45) is 5.73 Å². The second-order valence-corrected chi connectivity index (χ2v) is 3.83. The Labute approximate surface area is 111 Å². The molecule has 0 spiro atoms. The van der Waals surface area contributed by atoms with Crippen LogP contribution in [0.15, 0.2) is 35.2 Å². The highest BCUT2D eigenvalue weighted by atomic mass is 19.4. The van der Waals surface area contributed by atoms with E-state index in [0.29, 0.717) is 11.8 Å². The quantitative estimate of drug-likeness (QED) is 0.935. The van der Waals surface area contributed by atoms with Crippen molar-refractivity contribution >= 4 is 5.91 Å². The molecule has 0 atom stereocenters. The van der Waals surface area contributed by atoms with Gasteiger partial charge in [-0.25, -0.2) is 4.98 Å². The van der Waals surface area contributed by atoms with Gasteiger partial charge in [0.25, 0.3) is 5.91 Å². The molecule has 0 aliphatic carbocycles. The van der Waals surface area contributed by atoms with Gasteiger partial charge in [0.15, 0.2) is 12.2 Å². The lowest BCUT2D eigenvalue weighted by Gasteiger charge is -2.12. The minimum atomic E-state index is -4.56. The maximum absolute atomic E-state index is 12.6. The van der Waals surface area contributed by atoms with E-state index in [1.165, 1.54) is 12.6 Å². The minimum Gasteiger partial charge on any atom is -0.485 e. The fraction of sp³-hybridized carbons (Fsp3) is 0.167. The molecule has 2 rings (SSSR count). The summed E-state index contributed by atoms with van der Waals surface area (Å²) in [5.74, 6) is -0.703. The number of benzene rings is 1. The molecule has 1 aromatic carbocycles. The number of halogens is 3. The molecule has 0 aliphatic rings. The Morgan fingerprint density at radius 3 is 2.70 bits per heavy atom. The van der Waals surface area contributed by atoms with E-state index in [-0.39, 0.29) is 17.9 Å². The molecule has 8 heteroatoms. The highest BCUT2D eigenvalue weighted by Crippen LogP contribution is 2.32. The zero-order valence-electron chi connectivity index (χ0n) is 9.98. The second kappa shape index (κ2) is 5.24. The molecule has 0 bridgehead atoms. The van der Waals surface area contributed by atoms with Gasteiger partial charge in [-0.15, -0.1) is 0 Å². The largest absolute Gasteiger partial charge is 0.485 e. The zero-order valence-corrected chi connectivity index (χ0v) is 9.98. The average molecular weight is 286 g/mol. The third-order valence-corrected chi connectivity index (χ3v) is 2.43. The third kappa shape index (κ3) is 3.08. The van der Waals surface area contributed by atoms with Crippen LogP contribution in [0.1, 0.15) is 21.7 Å². The number of amides is 1. The number of oxazole rings is 1. The Balaban J connectivity index is 2.26. The van der Waals surface area contributed by atoms with E-state index in [4.69, 9.17) is 14.9 Å². The SMILES string of the molecule is NC(=O)c1cc(C(F)(F)F)ccc1OCc1cnco1. The van der Waals surface area contributed by atoms with E-state index in [9.17, 15) is 18.0 Å². The number of ether oxygens (including phenoxy) is 1. The normalized spacial score (nSPS) is 11.3. The monoisotopic (exact) mass is 286 g/mol. The lowest BCUT2D eigenvalue weighted by molar-refractivity contribution is -0.137. The lowest BCUT2D eigenvalue weighted by Crippen LogP contribution is -2.15. The summed E-state index contributed by atoms with van der Waals surface area (Å²) in [5.41, 5.74) is 3.73. The standard InChI is InChI=1S/C12H9F3N2O3/c13-12(14,15)7-1-2-10(9(3-7)11(16)18)19-5-8-4-17-6-20-8/h1-4,6H,5H2,(H2,16,18). The number of carbonyl (C=O) groups excluding carboxylic acids is 1. The number of carbonyl (C=O) groups is 1. The summed E-state index contributed by atoms with van der Waals surface area (Å²) >= 11 is 0. The van der Waals surface area contributed by atoms with Gasteiger partial charge in [0.1, 0.15) is 12.4 Å². The summed E-state index contributed by atoms with van der Waals surface area (Å²) in [6.45, 7) is -0.0777. The summed E-state index contributed by atoms with van der Waals surface area (Å²) in [6, 6.07) is 2.50. The summed E-state index contributed by atoms with van der Waals surface area (Å²) in [6.07, 6.45) is -2.00. The molecule has 0 radical (unpaired) electrons. The van der Waals surface area contributed by atoms with Gasteiger partial charge in [0, 0.05) is 0 Å². The van der Waals surface area contributed by atoms with Crippen LogP contribution in [-0.4, -0.2) is 10.9 Å². The van der Waals surface area contributed by atoms with Crippen molar-refractivity contribution in [3.05, 3.63) is 47.7 Å². The van der Waals surface area contributed by atoms with Crippen LogP contribution in [0.4, 0.5) is 13.2 Å². The van der Waals surface area contributed by atoms with Crippen LogP contribution in [0.3, 0.4) is 0 Å². The number of aromatic nitrogens is 1. The first kappa shape index (κ1) is 13.9. The topological polar surface area (TPSA) is 78.4 Å². The number of nitrogens with two attached hydrogens (primary N) is 1. The molecule has 0 saturated heterocycles. The molecule has 1 heterocycles. The Morgan fingerprint density at radius 1 is 1.40 bits per heavy atom. The predicted molar refractivity (Wildman–Crippen MR) is 60.8 cm³/mol. The van der Waals surface area contributed by atoms with Gasteiger partial charge in [0.2, 0.25) is 0 Å². The number of hydrogen-bond donors (Lipinski definition) is 1. The molecule has 0 fully saturated rings. The first-order chi connectivity index (χ1) is 9.38. The zero-order chi connectivity index (χ0) is 14.8. The van der Waals surface area contributed by atoms with E-state index in [1.54, 1.807) is 0 Å². The molecule has 1 amide bonds. The maximum atomic E-state index is 12.6. The van der Waals surface area contributed by atoms with Gasteiger partial charge in [-0.2, -0.15) is 13.2 Å². The summed E-state index contributed by atoms with van der Waals surface area (Å²) in [7, 11) is 0. The Bertz CT molecular complexity index is 609. The van der Waals surface area contributed by atoms with Crippen molar-refractivity contribution in [3.63, 3.8) is 0 Å². The fourth-order valence-electron chi connectivity index (χ4n) is 1.49. The van der Waals surface area contributed by atoms with Gasteiger partial charge >= 0.3 is 6.18 Å². The molecular formula is C12H9F3N2O3. The molecule has 0 saturated carbocycles. The van der Waals surface area contributed by atoms with Crippen molar-refractivity contribution < 1.29 is 27.1 Å². The molecule has 0 unspecified atom stereocenters. The summed E-state index contributed by atoms with van der Waals surface area (Å²) in [5, 5.41) is 0. The van der Waals surface area contributed by atoms with Crippen LogP contribution in [0.2, 0.25) is 0 Å². The molecule has 0 aliphatic heterocycles. The van der Waals surface area contributed by atoms with Crippen molar-refractivity contribution in [2.75, 3.05) is 0 Å². The molecular weight excluding hydrogens is 277 g/mol. The van der Waals surface area contributed by atoms with E-state index in [0.717, 1.165) is 12.1 Å². The average Bonchev–Trinajstić information content (AvgIpc) is 2.88. The first-order valence-electron chi connectivity index (χ1n) is 5.39. The molecule has 5 nitrogen and oxygen atoms in total. The van der Waals surface area contributed by atoms with E-state index < -0.39 is 17.6 Å². The Morgan fingerprint density at radius 2 is 2.15 bits per heavy atom. The second-order valence-electron chi connectivity index (χ2n) is 3.83. The van der Waals surface area contributed by atoms with Crippen LogP contribution in [0.5, 0.6) is 5.75 Å². The number of alkyl halides is 3. The van der Waals surface area contributed by atoms with Crippen molar-refractivity contribution in [1.29, 1.82) is 0 Å². The number of rotatable bonds is 4. The van der Waals surface area contributed by atoms with Gasteiger partial charge in [-0.1, -0.05) is 0 Å². The number of primary amides is 1. The molecule has 20 heavy (non-hydrogen) atoms. The van der Waals surface area contributed by atoms with Crippen LogP contribution in [0.25, 0.3) is 0 Å². The van der Waals surface area contributed by atoms with Gasteiger partial charge in [-0.3, -0.25) is 4.79 Å². The smallest absolute Gasteiger partial charge is 0.416 e. The van der Waals surface area contributed by atoms with Gasteiger partial charge in [0.05, 0.1) is 17.3 Å². The van der Waals surface area contributed by atoms with Gasteiger partial charge < -0.3 is 14.9 Å². The lowest BCUT2D eigenvalue weighted by atomic mass is 10.1. The van der Waals surface area contributed by atoms with E-state index in [2.05, 4.69) is 4.98 Å². The Kier molecular flexibility index (Phi) is 3.64. The highest BCUT2D eigenvalue weighted by molar-refractivity contribution is 5.95. The third-order valence-electron chi connectivity index (χ3n) is 2.43. The minimum absolute atomic E-state index is 0.0538. The Hall–Kier alpha value is -2.51. The van der Waals surface area contributed by atoms with Crippen LogP contribution >= 0.6 is 0 Å². The molecule has 1 aromatic heterocycles. The van der Waals surface area contributed by atoms with Crippen LogP contribution < -0.4 is 10.5 Å². The van der Waals surface area contributed by atoms with Crippen molar-refractivity contribution in [1.82, 2.24) is 4.98 Å². The van der Waals surface area contributed by atoms with E-state index >= 15 is 0 Å². The number of hydrogen-bond acceptors (Lipinski definition) is 4. The van der Waals surface area contributed by atoms with Gasteiger partial charge in [-0.05, 0) is 18.2 Å². The summed E-state index contributed by atoms with van der Waals surface area (Å²) < 4.78 is 47.8. The highest BCUT2D eigenvalue weighted by Gasteiger charge is 2.31. The maximum Gasteiger partial charge on any atom is 0.416 e. The first-order valence-corrected chi connectivity index (χ1v) is 5.39. The molecule has 2 aromatic rings. The number of nitrogens with zero attached hydrogens (tertiary/aromatic N) is 1. The summed E-state index contributed by atoms with van der Waals surface area (Å²) in [4.78, 5) is 14.9. The van der Waals surface area contributed by atoms with Crippen LogP contribution in [0, 0.1) is 0 Å². The fourth-order valence-corrected chi connectivity index (χ4v) is 1.49.